The van der Waals surface area contributed by atoms with Crippen molar-refractivity contribution in [3.63, 3.8) is 0 Å². The minimum Gasteiger partial charge on any atom is -0.374 e. The lowest BCUT2D eigenvalue weighted by Gasteiger charge is -1.99. The van der Waals surface area contributed by atoms with Crippen LogP contribution in [0.5, 0.6) is 0 Å². The molecular formula is C10H17N3OS. The van der Waals surface area contributed by atoms with Gasteiger partial charge in [0, 0.05) is 13.2 Å². The van der Waals surface area contributed by atoms with Crippen LogP contribution in [-0.2, 0) is 11.3 Å². The molecule has 0 aromatic carbocycles. The second-order valence-corrected chi connectivity index (χ2v) is 4.88. The van der Waals surface area contributed by atoms with E-state index < -0.39 is 0 Å². The van der Waals surface area contributed by atoms with Crippen LogP contribution in [0.2, 0.25) is 0 Å². The number of aromatic nitrogens is 2. The highest BCUT2D eigenvalue weighted by molar-refractivity contribution is 7.15. The summed E-state index contributed by atoms with van der Waals surface area (Å²) < 4.78 is 5.54. The average Bonchev–Trinajstić information content (AvgIpc) is 2.95. The first-order chi connectivity index (χ1) is 7.38. The van der Waals surface area contributed by atoms with E-state index in [0.717, 1.165) is 29.2 Å². The van der Waals surface area contributed by atoms with Crippen LogP contribution in [0.15, 0.2) is 0 Å². The molecule has 1 fully saturated rings. The second kappa shape index (κ2) is 5.42. The van der Waals surface area contributed by atoms with Gasteiger partial charge >= 0.3 is 0 Å². The quantitative estimate of drug-likeness (QED) is 0.726. The van der Waals surface area contributed by atoms with Gasteiger partial charge in [0.25, 0.3) is 0 Å². The molecule has 1 aliphatic rings. The number of hydrogen-bond donors (Lipinski definition) is 1. The van der Waals surface area contributed by atoms with Gasteiger partial charge in [-0.15, -0.1) is 10.2 Å². The van der Waals surface area contributed by atoms with Gasteiger partial charge in [0.05, 0.1) is 0 Å². The van der Waals surface area contributed by atoms with Gasteiger partial charge in [0.1, 0.15) is 11.6 Å². The van der Waals surface area contributed by atoms with Crippen LogP contribution in [0.1, 0.15) is 31.2 Å². The predicted octanol–water partition coefficient (Wildman–Crippen LogP) is 2.29. The van der Waals surface area contributed by atoms with Crippen molar-refractivity contribution >= 4 is 16.5 Å². The Morgan fingerprint density at radius 2 is 2.33 bits per heavy atom. The smallest absolute Gasteiger partial charge is 0.205 e. The van der Waals surface area contributed by atoms with Crippen LogP contribution in [0.4, 0.5) is 5.13 Å². The molecule has 0 aliphatic heterocycles. The molecule has 2 rings (SSSR count). The number of ether oxygens (including phenoxy) is 1. The lowest BCUT2D eigenvalue weighted by atomic mass is 10.3. The van der Waals surface area contributed by atoms with E-state index in [1.165, 1.54) is 19.3 Å². The van der Waals surface area contributed by atoms with Gasteiger partial charge in [0.15, 0.2) is 0 Å². The van der Waals surface area contributed by atoms with Gasteiger partial charge in [-0.05, 0) is 19.3 Å². The Hall–Kier alpha value is -0.680. The number of nitrogens with one attached hydrogen (secondary N) is 1. The normalized spacial score (nSPS) is 15.5. The fourth-order valence-corrected chi connectivity index (χ4v) is 2.10. The second-order valence-electron chi connectivity index (χ2n) is 3.82. The van der Waals surface area contributed by atoms with Crippen molar-refractivity contribution in [1.82, 2.24) is 10.2 Å². The summed E-state index contributed by atoms with van der Waals surface area (Å²) in [4.78, 5) is 0. The monoisotopic (exact) mass is 227 g/mol. The Balaban J connectivity index is 1.63. The maximum Gasteiger partial charge on any atom is 0.205 e. The zero-order chi connectivity index (χ0) is 10.5. The van der Waals surface area contributed by atoms with Gasteiger partial charge in [-0.3, -0.25) is 0 Å². The van der Waals surface area contributed by atoms with Crippen LogP contribution < -0.4 is 5.32 Å². The van der Waals surface area contributed by atoms with Crippen LogP contribution in [0.3, 0.4) is 0 Å². The molecule has 1 aliphatic carbocycles. The van der Waals surface area contributed by atoms with E-state index in [0.29, 0.717) is 6.61 Å². The summed E-state index contributed by atoms with van der Waals surface area (Å²) in [5, 5.41) is 13.0. The largest absolute Gasteiger partial charge is 0.374 e. The molecule has 0 spiro atoms. The van der Waals surface area contributed by atoms with E-state index in [1.54, 1.807) is 11.3 Å². The Labute approximate surface area is 94.1 Å². The summed E-state index contributed by atoms with van der Waals surface area (Å²) in [5.41, 5.74) is 0. The molecule has 0 saturated heterocycles. The molecule has 1 aromatic rings. The Bertz CT molecular complexity index is 299. The lowest BCUT2D eigenvalue weighted by molar-refractivity contribution is 0.114. The van der Waals surface area contributed by atoms with E-state index in [2.05, 4.69) is 15.5 Å². The third-order valence-corrected chi connectivity index (χ3v) is 3.24. The molecule has 15 heavy (non-hydrogen) atoms. The van der Waals surface area contributed by atoms with Gasteiger partial charge < -0.3 is 10.1 Å². The van der Waals surface area contributed by atoms with Gasteiger partial charge in [-0.2, -0.15) is 0 Å². The number of nitrogens with zero attached hydrogens (tertiary/aromatic N) is 2. The first-order valence-electron chi connectivity index (χ1n) is 5.52. The van der Waals surface area contributed by atoms with Crippen LogP contribution in [-0.4, -0.2) is 23.3 Å². The zero-order valence-corrected chi connectivity index (χ0v) is 9.85. The highest BCUT2D eigenvalue weighted by Crippen LogP contribution is 2.32. The van der Waals surface area contributed by atoms with E-state index >= 15 is 0 Å². The maximum atomic E-state index is 5.54. The zero-order valence-electron chi connectivity index (χ0n) is 9.03. The summed E-state index contributed by atoms with van der Waals surface area (Å²) in [6.07, 6.45) is 4.00. The minimum atomic E-state index is 0.607. The van der Waals surface area contributed by atoms with Gasteiger partial charge in [-0.25, -0.2) is 0 Å². The summed E-state index contributed by atoms with van der Waals surface area (Å²) in [6.45, 7) is 4.40. The molecule has 1 heterocycles. The molecule has 0 amide bonds. The SMILES string of the molecule is CCNc1nnc(COCCC2CC2)s1. The highest BCUT2D eigenvalue weighted by atomic mass is 32.1. The molecule has 0 radical (unpaired) electrons. The Morgan fingerprint density at radius 1 is 1.47 bits per heavy atom. The summed E-state index contributed by atoms with van der Waals surface area (Å²) in [6, 6.07) is 0. The summed E-state index contributed by atoms with van der Waals surface area (Å²) >= 11 is 1.57. The van der Waals surface area contributed by atoms with Crippen molar-refractivity contribution in [1.29, 1.82) is 0 Å². The Morgan fingerprint density at radius 3 is 3.07 bits per heavy atom. The van der Waals surface area contributed by atoms with E-state index in [1.807, 2.05) is 6.92 Å². The molecule has 0 atom stereocenters. The first kappa shape index (κ1) is 10.8. The Kier molecular flexibility index (Phi) is 3.91. The number of hydrogen-bond acceptors (Lipinski definition) is 5. The van der Waals surface area contributed by atoms with Crippen LogP contribution in [0.25, 0.3) is 0 Å². The van der Waals surface area contributed by atoms with Gasteiger partial charge in [-0.1, -0.05) is 24.2 Å². The molecule has 1 saturated carbocycles. The first-order valence-corrected chi connectivity index (χ1v) is 6.34. The van der Waals surface area contributed by atoms with Crippen molar-refractivity contribution in [2.75, 3.05) is 18.5 Å². The maximum absolute atomic E-state index is 5.54. The fraction of sp³-hybridized carbons (Fsp3) is 0.800. The van der Waals surface area contributed by atoms with Crippen molar-refractivity contribution < 1.29 is 4.74 Å². The standard InChI is InChI=1S/C10H17N3OS/c1-2-11-10-13-12-9(15-10)7-14-6-5-8-3-4-8/h8H,2-7H2,1H3,(H,11,13). The lowest BCUT2D eigenvalue weighted by Crippen LogP contribution is -1.95. The van der Waals surface area contributed by atoms with Crippen molar-refractivity contribution in [2.45, 2.75) is 32.8 Å². The third kappa shape index (κ3) is 3.76. The molecule has 5 heteroatoms. The molecule has 0 bridgehead atoms. The molecular weight excluding hydrogens is 210 g/mol. The van der Waals surface area contributed by atoms with Gasteiger partial charge in [0.2, 0.25) is 5.13 Å². The minimum absolute atomic E-state index is 0.607. The third-order valence-electron chi connectivity index (χ3n) is 2.39. The fourth-order valence-electron chi connectivity index (χ4n) is 1.35. The molecule has 4 nitrogen and oxygen atoms in total. The summed E-state index contributed by atoms with van der Waals surface area (Å²) in [7, 11) is 0. The summed E-state index contributed by atoms with van der Waals surface area (Å²) in [5.74, 6) is 0.941. The van der Waals surface area contributed by atoms with E-state index in [4.69, 9.17) is 4.74 Å². The van der Waals surface area contributed by atoms with Crippen molar-refractivity contribution in [3.05, 3.63) is 5.01 Å². The predicted molar refractivity (Wildman–Crippen MR) is 61.1 cm³/mol. The van der Waals surface area contributed by atoms with Crippen LogP contribution >= 0.6 is 11.3 Å². The molecule has 1 aromatic heterocycles. The topological polar surface area (TPSA) is 47.0 Å². The van der Waals surface area contributed by atoms with Crippen LogP contribution in [0, 0.1) is 5.92 Å². The number of rotatable bonds is 7. The van der Waals surface area contributed by atoms with Crippen molar-refractivity contribution in [2.24, 2.45) is 5.92 Å². The number of anilines is 1. The van der Waals surface area contributed by atoms with E-state index in [9.17, 15) is 0 Å². The van der Waals surface area contributed by atoms with Crippen molar-refractivity contribution in [3.8, 4) is 0 Å². The highest BCUT2D eigenvalue weighted by Gasteiger charge is 2.20. The average molecular weight is 227 g/mol. The molecule has 1 N–H and O–H groups in total. The molecule has 0 unspecified atom stereocenters. The molecule has 84 valence electrons. The van der Waals surface area contributed by atoms with E-state index in [-0.39, 0.29) is 0 Å².